The number of ether oxygens (including phenoxy) is 1. The summed E-state index contributed by atoms with van der Waals surface area (Å²) in [6, 6.07) is 0. The van der Waals surface area contributed by atoms with Crippen molar-refractivity contribution in [3.05, 3.63) is 36.4 Å². The van der Waals surface area contributed by atoms with Gasteiger partial charge in [0.2, 0.25) is 5.91 Å². The van der Waals surface area contributed by atoms with Gasteiger partial charge in [0.1, 0.15) is 6.10 Å². The van der Waals surface area contributed by atoms with E-state index in [1.165, 1.54) is 0 Å². The smallest absolute Gasteiger partial charge is 0.244 e. The molecule has 0 radical (unpaired) electrons. The topological polar surface area (TPSA) is 55.6 Å². The quantitative estimate of drug-likeness (QED) is 0.558. The number of rotatable bonds is 3. The van der Waals surface area contributed by atoms with Crippen LogP contribution >= 0.6 is 0 Å². The van der Waals surface area contributed by atoms with Crippen molar-refractivity contribution in [3.63, 3.8) is 0 Å². The van der Waals surface area contributed by atoms with E-state index in [0.717, 1.165) is 0 Å². The lowest BCUT2D eigenvalue weighted by Gasteiger charge is -2.16. The summed E-state index contributed by atoms with van der Waals surface area (Å²) in [7, 11) is 0. The molecule has 1 atom stereocenters. The van der Waals surface area contributed by atoms with Crippen molar-refractivity contribution in [2.24, 2.45) is 5.73 Å². The van der Waals surface area contributed by atoms with Crippen molar-refractivity contribution in [2.75, 3.05) is 6.54 Å². The molecule has 2 N–H and O–H groups in total. The van der Waals surface area contributed by atoms with E-state index >= 15 is 0 Å². The predicted molar refractivity (Wildman–Crippen MR) is 58.5 cm³/mol. The van der Waals surface area contributed by atoms with Gasteiger partial charge < -0.3 is 15.4 Å². The summed E-state index contributed by atoms with van der Waals surface area (Å²) in [6.45, 7) is 11.9. The molecule has 15 heavy (non-hydrogen) atoms. The van der Waals surface area contributed by atoms with Crippen LogP contribution in [0.1, 0.15) is 13.8 Å². The van der Waals surface area contributed by atoms with E-state index in [0.29, 0.717) is 23.7 Å². The maximum Gasteiger partial charge on any atom is 0.244 e. The molecule has 4 nitrogen and oxygen atoms in total. The number of carbonyl (C=O) groups is 1. The van der Waals surface area contributed by atoms with Gasteiger partial charge in [-0.3, -0.25) is 4.79 Å². The van der Waals surface area contributed by atoms with Gasteiger partial charge >= 0.3 is 0 Å². The van der Waals surface area contributed by atoms with Crippen LogP contribution in [0.3, 0.4) is 0 Å². The first-order chi connectivity index (χ1) is 6.91. The summed E-state index contributed by atoms with van der Waals surface area (Å²) in [6.07, 6.45) is 1.73. The van der Waals surface area contributed by atoms with Crippen LogP contribution in [0.4, 0.5) is 0 Å². The summed E-state index contributed by atoms with van der Waals surface area (Å²) in [4.78, 5) is 12.7. The number of primary amides is 1. The zero-order valence-corrected chi connectivity index (χ0v) is 9.12. The van der Waals surface area contributed by atoms with Crippen LogP contribution in [-0.4, -0.2) is 23.5 Å². The second kappa shape index (κ2) is 4.21. The molecule has 1 heterocycles. The zero-order chi connectivity index (χ0) is 11.6. The van der Waals surface area contributed by atoms with E-state index in [9.17, 15) is 4.79 Å². The second-order valence-corrected chi connectivity index (χ2v) is 3.62. The van der Waals surface area contributed by atoms with Crippen molar-refractivity contribution >= 4 is 5.91 Å². The van der Waals surface area contributed by atoms with Crippen LogP contribution in [0.5, 0.6) is 0 Å². The molecule has 0 spiro atoms. The Kier molecular flexibility index (Phi) is 3.19. The van der Waals surface area contributed by atoms with E-state index in [1.807, 2.05) is 11.8 Å². The Morgan fingerprint density at radius 2 is 2.33 bits per heavy atom. The van der Waals surface area contributed by atoms with Crippen molar-refractivity contribution in [2.45, 2.75) is 20.0 Å². The number of allylic oxidation sites excluding steroid dienone is 1. The molecular formula is C11H16N2O2. The van der Waals surface area contributed by atoms with E-state index in [2.05, 4.69) is 13.2 Å². The Morgan fingerprint density at radius 3 is 2.73 bits per heavy atom. The number of hydrogen-bond acceptors (Lipinski definition) is 3. The van der Waals surface area contributed by atoms with E-state index in [4.69, 9.17) is 10.5 Å². The summed E-state index contributed by atoms with van der Waals surface area (Å²) >= 11 is 0. The van der Waals surface area contributed by atoms with E-state index in [-0.39, 0.29) is 6.10 Å². The van der Waals surface area contributed by atoms with Gasteiger partial charge in [0.25, 0.3) is 0 Å². The Hall–Kier alpha value is -1.71. The minimum Gasteiger partial charge on any atom is -0.474 e. The first-order valence-corrected chi connectivity index (χ1v) is 4.72. The van der Waals surface area contributed by atoms with Crippen molar-refractivity contribution in [1.82, 2.24) is 4.90 Å². The van der Waals surface area contributed by atoms with Gasteiger partial charge in [-0.2, -0.15) is 0 Å². The highest BCUT2D eigenvalue weighted by molar-refractivity contribution is 5.91. The van der Waals surface area contributed by atoms with Gasteiger partial charge in [0.15, 0.2) is 5.88 Å². The van der Waals surface area contributed by atoms with E-state index < -0.39 is 5.91 Å². The number of carbonyl (C=O) groups excluding carboxylic acids is 1. The average molecular weight is 208 g/mol. The van der Waals surface area contributed by atoms with Gasteiger partial charge in [0, 0.05) is 11.3 Å². The van der Waals surface area contributed by atoms with Crippen LogP contribution in [0.2, 0.25) is 0 Å². The highest BCUT2D eigenvalue weighted by Gasteiger charge is 2.24. The Morgan fingerprint density at radius 1 is 1.73 bits per heavy atom. The molecule has 1 amide bonds. The van der Waals surface area contributed by atoms with Crippen LogP contribution in [0.25, 0.3) is 0 Å². The molecule has 0 bridgehead atoms. The Balaban J connectivity index is 2.74. The van der Waals surface area contributed by atoms with Gasteiger partial charge in [-0.05, 0) is 26.5 Å². The fourth-order valence-electron chi connectivity index (χ4n) is 1.37. The summed E-state index contributed by atoms with van der Waals surface area (Å²) in [5, 5.41) is 0. The van der Waals surface area contributed by atoms with Crippen LogP contribution < -0.4 is 5.73 Å². The van der Waals surface area contributed by atoms with Gasteiger partial charge in [-0.1, -0.05) is 6.58 Å². The molecular weight excluding hydrogens is 192 g/mol. The molecule has 1 saturated heterocycles. The fraction of sp³-hybridized carbons (Fsp3) is 0.364. The molecule has 1 aliphatic heterocycles. The maximum atomic E-state index is 10.8. The Labute approximate surface area is 89.7 Å². The zero-order valence-electron chi connectivity index (χ0n) is 9.12. The largest absolute Gasteiger partial charge is 0.474 e. The molecule has 0 aliphatic carbocycles. The monoisotopic (exact) mass is 208 g/mol. The number of amides is 1. The minimum absolute atomic E-state index is 0.0940. The summed E-state index contributed by atoms with van der Waals surface area (Å²) < 4.78 is 5.36. The first kappa shape index (κ1) is 11.4. The SMILES string of the molecule is C=C(/C=C(\C)C(N)=O)N1C[C@H](C)OC1=C. The lowest BCUT2D eigenvalue weighted by molar-refractivity contribution is -0.114. The lowest BCUT2D eigenvalue weighted by atomic mass is 10.2. The van der Waals surface area contributed by atoms with Crippen molar-refractivity contribution < 1.29 is 9.53 Å². The predicted octanol–water partition coefficient (Wildman–Crippen LogP) is 1.12. The number of hydrogen-bond donors (Lipinski definition) is 1. The van der Waals surface area contributed by atoms with Crippen molar-refractivity contribution in [1.29, 1.82) is 0 Å². The molecule has 0 unspecified atom stereocenters. The van der Waals surface area contributed by atoms with Gasteiger partial charge in [-0.15, -0.1) is 0 Å². The molecule has 1 rings (SSSR count). The van der Waals surface area contributed by atoms with Crippen LogP contribution in [0, 0.1) is 0 Å². The van der Waals surface area contributed by atoms with Crippen LogP contribution in [-0.2, 0) is 9.53 Å². The third-order valence-corrected chi connectivity index (χ3v) is 2.20. The van der Waals surface area contributed by atoms with Gasteiger partial charge in [0.05, 0.1) is 6.54 Å². The third kappa shape index (κ3) is 2.62. The first-order valence-electron chi connectivity index (χ1n) is 4.72. The molecule has 1 fully saturated rings. The molecule has 4 heteroatoms. The minimum atomic E-state index is -0.449. The highest BCUT2D eigenvalue weighted by Crippen LogP contribution is 2.22. The molecule has 0 aromatic rings. The highest BCUT2D eigenvalue weighted by atomic mass is 16.5. The Bertz CT molecular complexity index is 344. The number of nitrogens with zero attached hydrogens (tertiary/aromatic N) is 1. The molecule has 82 valence electrons. The third-order valence-electron chi connectivity index (χ3n) is 2.20. The standard InChI is InChI=1S/C11H16N2O2/c1-7(11(12)14)5-8(2)13-6-9(3)15-10(13)4/h5,9H,2,4,6H2,1,3H3,(H2,12,14)/b7-5+/t9-/m0/s1. The van der Waals surface area contributed by atoms with Crippen molar-refractivity contribution in [3.8, 4) is 0 Å². The fourth-order valence-corrected chi connectivity index (χ4v) is 1.37. The van der Waals surface area contributed by atoms with Gasteiger partial charge in [-0.25, -0.2) is 0 Å². The average Bonchev–Trinajstić information content (AvgIpc) is 2.44. The normalized spacial score (nSPS) is 21.5. The number of nitrogens with two attached hydrogens (primary N) is 1. The molecule has 0 aromatic heterocycles. The summed E-state index contributed by atoms with van der Waals surface area (Å²) in [5.74, 6) is 0.107. The lowest BCUT2D eigenvalue weighted by Crippen LogP contribution is -2.19. The molecule has 0 aromatic carbocycles. The maximum absolute atomic E-state index is 10.8. The van der Waals surface area contributed by atoms with Crippen LogP contribution in [0.15, 0.2) is 36.4 Å². The second-order valence-electron chi connectivity index (χ2n) is 3.62. The molecule has 0 saturated carbocycles. The van der Waals surface area contributed by atoms with E-state index in [1.54, 1.807) is 13.0 Å². The molecule has 1 aliphatic rings. The summed E-state index contributed by atoms with van der Waals surface area (Å²) in [5.41, 5.74) is 6.26.